The first kappa shape index (κ1) is 17.9. The average Bonchev–Trinajstić information content (AvgIpc) is 2.57. The number of amides is 1. The van der Waals surface area contributed by atoms with Crippen LogP contribution in [0, 0.1) is 12.7 Å². The van der Waals surface area contributed by atoms with Crippen molar-refractivity contribution in [2.45, 2.75) is 11.8 Å². The lowest BCUT2D eigenvalue weighted by Crippen LogP contribution is -2.21. The van der Waals surface area contributed by atoms with Gasteiger partial charge in [0.2, 0.25) is 10.0 Å². The highest BCUT2D eigenvalue weighted by Crippen LogP contribution is 2.26. The van der Waals surface area contributed by atoms with E-state index in [4.69, 9.17) is 4.74 Å². The fourth-order valence-corrected chi connectivity index (χ4v) is 3.03. The quantitative estimate of drug-likeness (QED) is 0.865. The van der Waals surface area contributed by atoms with Crippen LogP contribution in [0.15, 0.2) is 41.3 Å². The maximum Gasteiger partial charge on any atom is 0.255 e. The molecule has 6 nitrogen and oxygen atoms in total. The van der Waals surface area contributed by atoms with Crippen LogP contribution in [0.5, 0.6) is 5.75 Å². The molecular weight excluding hydrogens is 335 g/mol. The van der Waals surface area contributed by atoms with Gasteiger partial charge in [-0.3, -0.25) is 4.79 Å². The van der Waals surface area contributed by atoms with Gasteiger partial charge >= 0.3 is 0 Å². The average molecular weight is 352 g/mol. The third-order valence-corrected chi connectivity index (χ3v) is 4.88. The van der Waals surface area contributed by atoms with Crippen molar-refractivity contribution < 1.29 is 22.3 Å². The number of sulfonamides is 1. The first-order valence-electron chi connectivity index (χ1n) is 6.98. The number of carbonyl (C=O) groups excluding carboxylic acids is 1. The topological polar surface area (TPSA) is 84.5 Å². The normalized spacial score (nSPS) is 11.2. The highest BCUT2D eigenvalue weighted by molar-refractivity contribution is 7.89. The largest absolute Gasteiger partial charge is 0.495 e. The summed E-state index contributed by atoms with van der Waals surface area (Å²) in [5.74, 6) is -1.10. The van der Waals surface area contributed by atoms with Gasteiger partial charge in [0, 0.05) is 5.56 Å². The third-order valence-electron chi connectivity index (χ3n) is 3.44. The summed E-state index contributed by atoms with van der Waals surface area (Å²) in [4.78, 5) is 12.2. The molecule has 0 atom stereocenters. The zero-order chi connectivity index (χ0) is 17.9. The number of carbonyl (C=O) groups is 1. The molecule has 128 valence electrons. The van der Waals surface area contributed by atoms with Crippen molar-refractivity contribution in [2.75, 3.05) is 19.5 Å². The lowest BCUT2D eigenvalue weighted by atomic mass is 10.1. The predicted octanol–water partition coefficient (Wildman–Crippen LogP) is 2.30. The molecule has 2 aromatic rings. The Kier molecular flexibility index (Phi) is 5.20. The number of methoxy groups -OCH3 is 1. The monoisotopic (exact) mass is 352 g/mol. The zero-order valence-electron chi connectivity index (χ0n) is 13.4. The van der Waals surface area contributed by atoms with E-state index < -0.39 is 21.7 Å². The highest BCUT2D eigenvalue weighted by atomic mass is 32.2. The van der Waals surface area contributed by atoms with Crippen LogP contribution in [-0.2, 0) is 10.0 Å². The van der Waals surface area contributed by atoms with Crippen LogP contribution in [0.4, 0.5) is 10.1 Å². The predicted molar refractivity (Wildman–Crippen MR) is 88.3 cm³/mol. The maximum absolute atomic E-state index is 13.8. The molecule has 0 aliphatic heterocycles. The first-order chi connectivity index (χ1) is 11.3. The Balaban J connectivity index is 2.42. The van der Waals surface area contributed by atoms with E-state index in [1.165, 1.54) is 44.5 Å². The second-order valence-electron chi connectivity index (χ2n) is 4.96. The van der Waals surface area contributed by atoms with Gasteiger partial charge in [-0.25, -0.2) is 17.5 Å². The number of rotatable bonds is 5. The number of hydrogen-bond acceptors (Lipinski definition) is 4. The van der Waals surface area contributed by atoms with E-state index in [0.29, 0.717) is 5.56 Å². The van der Waals surface area contributed by atoms with E-state index in [-0.39, 0.29) is 21.9 Å². The van der Waals surface area contributed by atoms with Crippen LogP contribution in [-0.4, -0.2) is 28.5 Å². The van der Waals surface area contributed by atoms with Gasteiger partial charge in [-0.05, 0) is 43.8 Å². The lowest BCUT2D eigenvalue weighted by molar-refractivity contribution is 0.102. The number of anilines is 1. The standard InChI is InChI=1S/C16H17FN2O4S/c1-10-5-4-6-12(17)15(10)19-16(20)11-7-8-13(23-3)14(9-11)24(21,22)18-2/h4-9,18H,1-3H3,(H,19,20). The molecule has 0 fully saturated rings. The molecule has 8 heteroatoms. The minimum absolute atomic E-state index is 0.0522. The molecule has 0 bridgehead atoms. The number of benzene rings is 2. The lowest BCUT2D eigenvalue weighted by Gasteiger charge is -2.12. The molecule has 0 radical (unpaired) electrons. The van der Waals surface area contributed by atoms with Crippen molar-refractivity contribution in [3.05, 3.63) is 53.3 Å². The van der Waals surface area contributed by atoms with E-state index in [0.717, 1.165) is 0 Å². The van der Waals surface area contributed by atoms with Crippen LogP contribution < -0.4 is 14.8 Å². The fourth-order valence-electron chi connectivity index (χ4n) is 2.11. The molecule has 0 unspecified atom stereocenters. The molecule has 0 saturated carbocycles. The number of aryl methyl sites for hydroxylation is 1. The van der Waals surface area contributed by atoms with E-state index in [9.17, 15) is 17.6 Å². The summed E-state index contributed by atoms with van der Waals surface area (Å²) < 4.78 is 45.1. The minimum Gasteiger partial charge on any atom is -0.495 e. The van der Waals surface area contributed by atoms with Crippen LogP contribution in [0.2, 0.25) is 0 Å². The second-order valence-corrected chi connectivity index (χ2v) is 6.81. The van der Waals surface area contributed by atoms with Gasteiger partial charge in [-0.15, -0.1) is 0 Å². The second kappa shape index (κ2) is 6.98. The summed E-state index contributed by atoms with van der Waals surface area (Å²) in [5.41, 5.74) is 0.670. The molecule has 2 rings (SSSR count). The molecule has 2 aromatic carbocycles. The van der Waals surface area contributed by atoms with Gasteiger partial charge in [0.25, 0.3) is 5.91 Å². The summed E-state index contributed by atoms with van der Waals surface area (Å²) in [6.07, 6.45) is 0. The SMILES string of the molecule is CNS(=O)(=O)c1cc(C(=O)Nc2c(C)cccc2F)ccc1OC. The van der Waals surface area contributed by atoms with Crippen LogP contribution in [0.25, 0.3) is 0 Å². The maximum atomic E-state index is 13.8. The molecule has 0 heterocycles. The molecule has 1 amide bonds. The summed E-state index contributed by atoms with van der Waals surface area (Å²) in [7, 11) is -1.24. The van der Waals surface area contributed by atoms with Gasteiger partial charge in [0.05, 0.1) is 12.8 Å². The van der Waals surface area contributed by atoms with Gasteiger partial charge < -0.3 is 10.1 Å². The van der Waals surface area contributed by atoms with Crippen LogP contribution >= 0.6 is 0 Å². The van der Waals surface area contributed by atoms with E-state index in [1.54, 1.807) is 13.0 Å². The Morgan fingerprint density at radius 1 is 1.21 bits per heavy atom. The molecule has 0 aliphatic rings. The van der Waals surface area contributed by atoms with E-state index >= 15 is 0 Å². The fraction of sp³-hybridized carbons (Fsp3) is 0.188. The van der Waals surface area contributed by atoms with Crippen molar-refractivity contribution in [2.24, 2.45) is 0 Å². The van der Waals surface area contributed by atoms with Crippen molar-refractivity contribution >= 4 is 21.6 Å². The summed E-state index contributed by atoms with van der Waals surface area (Å²) in [6.45, 7) is 1.66. The molecule has 0 saturated heterocycles. The van der Waals surface area contributed by atoms with Gasteiger partial charge in [-0.2, -0.15) is 0 Å². The van der Waals surface area contributed by atoms with Crippen molar-refractivity contribution in [1.82, 2.24) is 4.72 Å². The van der Waals surface area contributed by atoms with Crippen molar-refractivity contribution in [3.8, 4) is 5.75 Å². The number of ether oxygens (including phenoxy) is 1. The van der Waals surface area contributed by atoms with Crippen LogP contribution in [0.3, 0.4) is 0 Å². The summed E-state index contributed by atoms with van der Waals surface area (Å²) in [5, 5.41) is 2.46. The molecule has 0 aromatic heterocycles. The Morgan fingerprint density at radius 3 is 2.50 bits per heavy atom. The smallest absolute Gasteiger partial charge is 0.255 e. The van der Waals surface area contributed by atoms with Crippen molar-refractivity contribution in [1.29, 1.82) is 0 Å². The minimum atomic E-state index is -3.82. The Bertz CT molecular complexity index is 861. The van der Waals surface area contributed by atoms with E-state index in [1.807, 2.05) is 0 Å². The molecule has 0 aliphatic carbocycles. The number of hydrogen-bond donors (Lipinski definition) is 2. The first-order valence-corrected chi connectivity index (χ1v) is 8.46. The van der Waals surface area contributed by atoms with Gasteiger partial charge in [0.1, 0.15) is 16.5 Å². The van der Waals surface area contributed by atoms with Crippen LogP contribution in [0.1, 0.15) is 15.9 Å². The molecular formula is C16H17FN2O4S. The molecule has 0 spiro atoms. The molecule has 24 heavy (non-hydrogen) atoms. The summed E-state index contributed by atoms with van der Waals surface area (Å²) in [6, 6.07) is 8.37. The van der Waals surface area contributed by atoms with Gasteiger partial charge in [-0.1, -0.05) is 12.1 Å². The Labute approximate surface area is 139 Å². The molecule has 2 N–H and O–H groups in total. The van der Waals surface area contributed by atoms with Gasteiger partial charge in [0.15, 0.2) is 0 Å². The number of para-hydroxylation sites is 1. The van der Waals surface area contributed by atoms with E-state index in [2.05, 4.69) is 10.0 Å². The summed E-state index contributed by atoms with van der Waals surface area (Å²) >= 11 is 0. The van der Waals surface area contributed by atoms with Crippen molar-refractivity contribution in [3.63, 3.8) is 0 Å². The number of halogens is 1. The number of nitrogens with one attached hydrogen (secondary N) is 2. The third kappa shape index (κ3) is 3.55. The zero-order valence-corrected chi connectivity index (χ0v) is 14.2. The Morgan fingerprint density at radius 2 is 1.92 bits per heavy atom. The highest BCUT2D eigenvalue weighted by Gasteiger charge is 2.20. The Hall–Kier alpha value is -2.45.